The van der Waals surface area contributed by atoms with Crippen molar-refractivity contribution in [3.63, 3.8) is 0 Å². The Balaban J connectivity index is 1.45. The molecule has 0 bridgehead atoms. The van der Waals surface area contributed by atoms with Crippen LogP contribution in [0.5, 0.6) is 5.75 Å². The summed E-state index contributed by atoms with van der Waals surface area (Å²) in [7, 11) is 0. The number of nitrogens with two attached hydrogens (primary N) is 2. The summed E-state index contributed by atoms with van der Waals surface area (Å²) in [5.74, 6) is -0.578. The Hall–Kier alpha value is -3.09. The van der Waals surface area contributed by atoms with Crippen LogP contribution in [0.3, 0.4) is 0 Å². The smallest absolute Gasteiger partial charge is 0.400 e. The van der Waals surface area contributed by atoms with Crippen LogP contribution in [-0.2, 0) is 16.0 Å². The standard InChI is InChI=1S/C27H34F2N2O3/c1-2-3-19-4-10-22(11-5-19)27(28,29)34-24-13-6-20(7-14-24)8-15-26(32)33-17-16-21-9-12-23(30)18-25(21)31/h6-9,12-15,18-19,22H,2-5,10-11,16-17,30-31H2,1H3/b15-8+. The molecule has 34 heavy (non-hydrogen) atoms. The molecule has 0 heterocycles. The highest BCUT2D eigenvalue weighted by atomic mass is 19.3. The van der Waals surface area contributed by atoms with Crippen LogP contribution in [0, 0.1) is 11.8 Å². The topological polar surface area (TPSA) is 87.6 Å². The summed E-state index contributed by atoms with van der Waals surface area (Å²) < 4.78 is 39.5. The second-order valence-electron chi connectivity index (χ2n) is 8.95. The number of ether oxygens (including phenoxy) is 2. The highest BCUT2D eigenvalue weighted by Crippen LogP contribution is 2.41. The molecule has 0 aromatic heterocycles. The van der Waals surface area contributed by atoms with Crippen molar-refractivity contribution in [3.8, 4) is 5.75 Å². The Morgan fingerprint density at radius 3 is 2.44 bits per heavy atom. The van der Waals surface area contributed by atoms with Crippen LogP contribution in [0.1, 0.15) is 56.6 Å². The first-order chi connectivity index (χ1) is 16.3. The summed E-state index contributed by atoms with van der Waals surface area (Å²) in [4.78, 5) is 12.0. The van der Waals surface area contributed by atoms with Gasteiger partial charge in [0.25, 0.3) is 0 Å². The zero-order valence-corrected chi connectivity index (χ0v) is 19.6. The maximum atomic E-state index is 14.6. The van der Waals surface area contributed by atoms with Crippen molar-refractivity contribution < 1.29 is 23.0 Å². The molecule has 0 amide bonds. The normalized spacial score (nSPS) is 18.7. The number of alkyl halides is 2. The fourth-order valence-corrected chi connectivity index (χ4v) is 4.40. The monoisotopic (exact) mass is 472 g/mol. The van der Waals surface area contributed by atoms with Gasteiger partial charge < -0.3 is 20.9 Å². The SMILES string of the molecule is CCCC1CCC(C(F)(F)Oc2ccc(/C=C/C(=O)OCCc3ccc(N)cc3N)cc2)CC1. The number of carbonyl (C=O) groups is 1. The Bertz CT molecular complexity index is 968. The summed E-state index contributed by atoms with van der Waals surface area (Å²) in [5, 5.41) is 0. The fraction of sp³-hybridized carbons (Fsp3) is 0.444. The van der Waals surface area contributed by atoms with Gasteiger partial charge in [0.05, 0.1) is 12.5 Å². The van der Waals surface area contributed by atoms with Gasteiger partial charge in [-0.25, -0.2) is 4.79 Å². The maximum Gasteiger partial charge on any atom is 0.400 e. The van der Waals surface area contributed by atoms with Crippen LogP contribution in [0.4, 0.5) is 20.2 Å². The molecule has 1 saturated carbocycles. The van der Waals surface area contributed by atoms with Gasteiger partial charge in [0.15, 0.2) is 0 Å². The van der Waals surface area contributed by atoms with E-state index < -0.39 is 18.0 Å². The third kappa shape index (κ3) is 7.47. The Morgan fingerprint density at radius 2 is 1.79 bits per heavy atom. The van der Waals surface area contributed by atoms with Gasteiger partial charge in [-0.2, -0.15) is 8.78 Å². The summed E-state index contributed by atoms with van der Waals surface area (Å²) >= 11 is 0. The summed E-state index contributed by atoms with van der Waals surface area (Å²) in [5.41, 5.74) is 14.2. The van der Waals surface area contributed by atoms with Crippen LogP contribution < -0.4 is 16.2 Å². The molecule has 2 aromatic rings. The van der Waals surface area contributed by atoms with Gasteiger partial charge in [0, 0.05) is 23.9 Å². The van der Waals surface area contributed by atoms with E-state index in [9.17, 15) is 13.6 Å². The predicted octanol–water partition coefficient (Wildman–Crippen LogP) is 6.23. The van der Waals surface area contributed by atoms with Gasteiger partial charge in [-0.15, -0.1) is 0 Å². The van der Waals surface area contributed by atoms with Crippen molar-refractivity contribution in [2.75, 3.05) is 18.1 Å². The number of halogens is 2. The van der Waals surface area contributed by atoms with Crippen molar-refractivity contribution >= 4 is 23.4 Å². The maximum absolute atomic E-state index is 14.6. The van der Waals surface area contributed by atoms with Gasteiger partial charge in [-0.05, 0) is 73.1 Å². The van der Waals surface area contributed by atoms with E-state index in [1.807, 2.05) is 0 Å². The predicted molar refractivity (Wildman–Crippen MR) is 131 cm³/mol. The molecule has 184 valence electrons. The van der Waals surface area contributed by atoms with E-state index in [1.165, 1.54) is 18.2 Å². The number of hydrogen-bond acceptors (Lipinski definition) is 5. The Morgan fingerprint density at radius 1 is 1.09 bits per heavy atom. The number of nitrogen functional groups attached to an aromatic ring is 2. The largest absolute Gasteiger partial charge is 0.462 e. The summed E-state index contributed by atoms with van der Waals surface area (Å²) in [6.07, 6.45) is 5.02. The van der Waals surface area contributed by atoms with E-state index in [0.29, 0.717) is 42.1 Å². The van der Waals surface area contributed by atoms with Crippen molar-refractivity contribution in [2.45, 2.75) is 58.0 Å². The Labute approximate surface area is 200 Å². The molecule has 0 saturated heterocycles. The first kappa shape index (κ1) is 25.5. The molecule has 3 rings (SSSR count). The molecule has 0 unspecified atom stereocenters. The molecule has 0 atom stereocenters. The average molecular weight is 473 g/mol. The van der Waals surface area contributed by atoms with Gasteiger partial charge in [-0.1, -0.05) is 38.0 Å². The molecule has 7 heteroatoms. The molecular weight excluding hydrogens is 438 g/mol. The van der Waals surface area contributed by atoms with Crippen LogP contribution in [0.25, 0.3) is 6.08 Å². The third-order valence-electron chi connectivity index (χ3n) is 6.35. The fourth-order valence-electron chi connectivity index (χ4n) is 4.40. The number of anilines is 2. The van der Waals surface area contributed by atoms with Crippen molar-refractivity contribution in [3.05, 3.63) is 59.7 Å². The highest BCUT2D eigenvalue weighted by molar-refractivity contribution is 5.87. The average Bonchev–Trinajstić information content (AvgIpc) is 2.80. The molecule has 0 spiro atoms. The van der Waals surface area contributed by atoms with Crippen molar-refractivity contribution in [1.29, 1.82) is 0 Å². The van der Waals surface area contributed by atoms with Gasteiger partial charge >= 0.3 is 12.1 Å². The lowest BCUT2D eigenvalue weighted by molar-refractivity contribution is -0.223. The molecule has 1 aliphatic rings. The lowest BCUT2D eigenvalue weighted by atomic mass is 9.79. The minimum atomic E-state index is -3.19. The van der Waals surface area contributed by atoms with Crippen LogP contribution in [-0.4, -0.2) is 18.7 Å². The first-order valence-electron chi connectivity index (χ1n) is 11.9. The molecule has 0 aliphatic heterocycles. The number of esters is 1. The van der Waals surface area contributed by atoms with Gasteiger partial charge in [0.1, 0.15) is 5.75 Å². The number of carbonyl (C=O) groups excluding carboxylic acids is 1. The van der Waals surface area contributed by atoms with E-state index in [4.69, 9.17) is 20.9 Å². The second-order valence-corrected chi connectivity index (χ2v) is 8.95. The molecule has 1 aliphatic carbocycles. The molecule has 5 nitrogen and oxygen atoms in total. The lowest BCUT2D eigenvalue weighted by Gasteiger charge is -2.33. The third-order valence-corrected chi connectivity index (χ3v) is 6.35. The van der Waals surface area contributed by atoms with Crippen LogP contribution in [0.15, 0.2) is 48.5 Å². The van der Waals surface area contributed by atoms with Crippen molar-refractivity contribution in [1.82, 2.24) is 0 Å². The molecular formula is C27H34F2N2O3. The number of rotatable bonds is 10. The van der Waals surface area contributed by atoms with E-state index in [-0.39, 0.29) is 12.4 Å². The minimum absolute atomic E-state index is 0.112. The summed E-state index contributed by atoms with van der Waals surface area (Å²) in [6.45, 7) is 2.31. The van der Waals surface area contributed by atoms with Crippen LogP contribution >= 0.6 is 0 Å². The van der Waals surface area contributed by atoms with Gasteiger partial charge in [-0.3, -0.25) is 0 Å². The summed E-state index contributed by atoms with van der Waals surface area (Å²) in [6, 6.07) is 11.5. The number of benzene rings is 2. The van der Waals surface area contributed by atoms with E-state index in [2.05, 4.69) is 6.92 Å². The highest BCUT2D eigenvalue weighted by Gasteiger charge is 2.43. The zero-order valence-electron chi connectivity index (χ0n) is 19.6. The van der Waals surface area contributed by atoms with E-state index >= 15 is 0 Å². The quantitative estimate of drug-likeness (QED) is 0.243. The minimum Gasteiger partial charge on any atom is -0.462 e. The molecule has 1 fully saturated rings. The van der Waals surface area contributed by atoms with E-state index in [0.717, 1.165) is 31.2 Å². The molecule has 4 N–H and O–H groups in total. The first-order valence-corrected chi connectivity index (χ1v) is 11.9. The molecule has 0 radical (unpaired) electrons. The lowest BCUT2D eigenvalue weighted by Crippen LogP contribution is -2.37. The second kappa shape index (κ2) is 11.9. The van der Waals surface area contributed by atoms with Gasteiger partial charge in [0.2, 0.25) is 0 Å². The zero-order chi connectivity index (χ0) is 24.6. The molecule has 2 aromatic carbocycles. The van der Waals surface area contributed by atoms with E-state index in [1.54, 1.807) is 36.4 Å². The number of hydrogen-bond donors (Lipinski definition) is 2. The van der Waals surface area contributed by atoms with Crippen LogP contribution in [0.2, 0.25) is 0 Å². The Kier molecular flexibility index (Phi) is 8.91. The van der Waals surface area contributed by atoms with Crippen molar-refractivity contribution in [2.24, 2.45) is 11.8 Å².